The van der Waals surface area contributed by atoms with Gasteiger partial charge in [0, 0.05) is 13.1 Å². The number of hydrogen-bond donors (Lipinski definition) is 1. The van der Waals surface area contributed by atoms with Crippen LogP contribution in [-0.4, -0.2) is 82.0 Å². The maximum absolute atomic E-state index is 12.6. The van der Waals surface area contributed by atoms with Crippen molar-refractivity contribution in [3.05, 3.63) is 29.8 Å². The molecule has 3 fully saturated rings. The van der Waals surface area contributed by atoms with Gasteiger partial charge in [0.15, 0.2) is 12.4 Å². The van der Waals surface area contributed by atoms with E-state index in [-0.39, 0.29) is 11.0 Å². The number of hydrogen-bond acceptors (Lipinski definition) is 8. The average molecular weight is 385 g/mol. The Morgan fingerprint density at radius 3 is 2.58 bits per heavy atom. The Hall–Kier alpha value is -1.07. The molecule has 0 aliphatic carbocycles. The highest BCUT2D eigenvalue weighted by Crippen LogP contribution is 2.34. The molecule has 3 aliphatic rings. The molecule has 2 bridgehead atoms. The molecule has 0 spiro atoms. The largest absolute Gasteiger partial charge is 0.388 e. The van der Waals surface area contributed by atoms with Gasteiger partial charge in [0.05, 0.1) is 30.8 Å². The third-order valence-electron chi connectivity index (χ3n) is 5.08. The van der Waals surface area contributed by atoms with Gasteiger partial charge in [0.25, 0.3) is 10.1 Å². The maximum Gasteiger partial charge on any atom is 0.297 e. The number of fused-ring (bicyclic) bond motifs is 2. The van der Waals surface area contributed by atoms with Crippen molar-refractivity contribution in [2.24, 2.45) is 0 Å². The first-order valence-corrected chi connectivity index (χ1v) is 10.1. The molecule has 3 heterocycles. The van der Waals surface area contributed by atoms with Gasteiger partial charge in [-0.1, -0.05) is 17.7 Å². The van der Waals surface area contributed by atoms with Gasteiger partial charge in [0.2, 0.25) is 0 Å². The fraction of sp³-hybridized carbons (Fsp3) is 0.647. The molecule has 0 aromatic heterocycles. The summed E-state index contributed by atoms with van der Waals surface area (Å²) in [5, 5.41) is 10.9. The Morgan fingerprint density at radius 1 is 1.19 bits per heavy atom. The van der Waals surface area contributed by atoms with Crippen molar-refractivity contribution in [1.29, 1.82) is 0 Å². The zero-order valence-electron chi connectivity index (χ0n) is 14.5. The van der Waals surface area contributed by atoms with E-state index in [9.17, 15) is 13.5 Å². The van der Waals surface area contributed by atoms with E-state index in [1.807, 2.05) is 6.92 Å². The van der Waals surface area contributed by atoms with Crippen LogP contribution in [0.25, 0.3) is 0 Å². The molecule has 144 valence electrons. The molecule has 3 saturated heterocycles. The molecule has 4 unspecified atom stereocenters. The lowest BCUT2D eigenvalue weighted by Gasteiger charge is -2.44. The number of ether oxygens (including phenoxy) is 3. The summed E-state index contributed by atoms with van der Waals surface area (Å²) in [4.78, 5) is 2.09. The second kappa shape index (κ2) is 7.16. The fourth-order valence-electron chi connectivity index (χ4n) is 3.70. The third kappa shape index (κ3) is 3.40. The highest BCUT2D eigenvalue weighted by molar-refractivity contribution is 7.86. The van der Waals surface area contributed by atoms with Gasteiger partial charge in [-0.3, -0.25) is 9.08 Å². The Labute approximate surface area is 152 Å². The van der Waals surface area contributed by atoms with Crippen molar-refractivity contribution >= 4 is 10.1 Å². The van der Waals surface area contributed by atoms with Crippen molar-refractivity contribution in [3.8, 4) is 0 Å². The second-order valence-corrected chi connectivity index (χ2v) is 8.41. The van der Waals surface area contributed by atoms with Crippen LogP contribution in [0, 0.1) is 6.92 Å². The number of rotatable bonds is 4. The van der Waals surface area contributed by atoms with E-state index in [1.54, 1.807) is 12.1 Å². The number of morpholine rings is 1. The van der Waals surface area contributed by atoms with Crippen molar-refractivity contribution in [1.82, 2.24) is 4.90 Å². The quantitative estimate of drug-likeness (QED) is 0.718. The van der Waals surface area contributed by atoms with Gasteiger partial charge in [0.1, 0.15) is 12.2 Å². The summed E-state index contributed by atoms with van der Waals surface area (Å²) >= 11 is 0. The van der Waals surface area contributed by atoms with Gasteiger partial charge in [-0.15, -0.1) is 0 Å². The van der Waals surface area contributed by atoms with Crippen molar-refractivity contribution < 1.29 is 31.9 Å². The van der Waals surface area contributed by atoms with E-state index in [1.165, 1.54) is 12.1 Å². The van der Waals surface area contributed by atoms with Crippen LogP contribution < -0.4 is 0 Å². The van der Waals surface area contributed by atoms with E-state index in [2.05, 4.69) is 4.90 Å². The molecule has 1 aromatic carbocycles. The Kier molecular flexibility index (Phi) is 5.04. The number of aliphatic hydroxyl groups is 1. The molecule has 0 saturated carbocycles. The molecule has 1 N–H and O–H groups in total. The summed E-state index contributed by atoms with van der Waals surface area (Å²) in [5.74, 6) is 0. The van der Waals surface area contributed by atoms with Crippen molar-refractivity contribution in [2.45, 2.75) is 42.5 Å². The minimum atomic E-state index is -4.05. The first-order chi connectivity index (χ1) is 12.5. The first-order valence-electron chi connectivity index (χ1n) is 8.72. The summed E-state index contributed by atoms with van der Waals surface area (Å²) in [6.07, 6.45) is -3.37. The lowest BCUT2D eigenvalue weighted by atomic mass is 9.96. The molecule has 1 aromatic rings. The Bertz CT molecular complexity index is 732. The van der Waals surface area contributed by atoms with Crippen LogP contribution in [0.15, 0.2) is 29.2 Å². The molecule has 5 atom stereocenters. The van der Waals surface area contributed by atoms with Crippen LogP contribution in [-0.2, 0) is 28.5 Å². The Balaban J connectivity index is 1.56. The maximum atomic E-state index is 12.6. The predicted octanol–water partition coefficient (Wildman–Crippen LogP) is -0.114. The lowest BCUT2D eigenvalue weighted by Crippen LogP contribution is -2.63. The molecule has 26 heavy (non-hydrogen) atoms. The zero-order chi connectivity index (χ0) is 18.3. The standard InChI is InChI=1S/C17H23NO7S/c1-11-2-4-12(5-3-11)26(20,21)25-16-15(19)14(13-10-23-17(16)24-13)18-6-8-22-9-7-18/h2-5,13-17,19H,6-10H2,1H3/t13?,14?,15?,16?,17-/m1/s1. The smallest absolute Gasteiger partial charge is 0.297 e. The van der Waals surface area contributed by atoms with E-state index in [4.69, 9.17) is 18.4 Å². The highest BCUT2D eigenvalue weighted by atomic mass is 32.2. The van der Waals surface area contributed by atoms with Crippen molar-refractivity contribution in [2.75, 3.05) is 32.9 Å². The molecule has 8 nitrogen and oxygen atoms in total. The van der Waals surface area contributed by atoms with Gasteiger partial charge in [-0.05, 0) is 19.1 Å². The number of aryl methyl sites for hydroxylation is 1. The number of aliphatic hydroxyl groups excluding tert-OH is 1. The third-order valence-corrected chi connectivity index (χ3v) is 6.41. The monoisotopic (exact) mass is 385 g/mol. The molecule has 0 radical (unpaired) electrons. The van der Waals surface area contributed by atoms with Crippen LogP contribution >= 0.6 is 0 Å². The summed E-state index contributed by atoms with van der Waals surface area (Å²) in [6.45, 7) is 4.58. The van der Waals surface area contributed by atoms with Crippen LogP contribution in [0.3, 0.4) is 0 Å². The summed E-state index contributed by atoms with van der Waals surface area (Å²) in [6, 6.07) is 5.97. The minimum Gasteiger partial charge on any atom is -0.388 e. The molecular formula is C17H23NO7S. The first kappa shape index (κ1) is 18.3. The van der Waals surface area contributed by atoms with Crippen molar-refractivity contribution in [3.63, 3.8) is 0 Å². The molecule has 9 heteroatoms. The highest BCUT2D eigenvalue weighted by Gasteiger charge is 2.54. The van der Waals surface area contributed by atoms with Crippen LogP contribution in [0.5, 0.6) is 0 Å². The number of nitrogens with zero attached hydrogens (tertiary/aromatic N) is 1. The average Bonchev–Trinajstić information content (AvgIpc) is 3.06. The summed E-state index contributed by atoms with van der Waals surface area (Å²) < 4.78 is 47.4. The molecule has 0 amide bonds. The molecule has 4 rings (SSSR count). The lowest BCUT2D eigenvalue weighted by molar-refractivity contribution is -0.211. The SMILES string of the molecule is Cc1ccc(S(=O)(=O)OC2C(O)C(N3CCOCC3)C3CO[C@@H]2O3)cc1. The second-order valence-electron chi connectivity index (χ2n) is 6.83. The van der Waals surface area contributed by atoms with Crippen LogP contribution in [0.1, 0.15) is 5.56 Å². The van der Waals surface area contributed by atoms with E-state index in [0.29, 0.717) is 32.9 Å². The van der Waals surface area contributed by atoms with E-state index < -0.39 is 34.7 Å². The number of benzene rings is 1. The van der Waals surface area contributed by atoms with E-state index >= 15 is 0 Å². The normalized spacial score (nSPS) is 35.5. The van der Waals surface area contributed by atoms with Crippen LogP contribution in [0.2, 0.25) is 0 Å². The minimum absolute atomic E-state index is 0.0401. The van der Waals surface area contributed by atoms with E-state index in [0.717, 1.165) is 5.56 Å². The molecular weight excluding hydrogens is 362 g/mol. The summed E-state index contributed by atoms with van der Waals surface area (Å²) in [5.41, 5.74) is 0.944. The zero-order valence-corrected chi connectivity index (χ0v) is 15.3. The fourth-order valence-corrected chi connectivity index (χ4v) is 4.78. The van der Waals surface area contributed by atoms with Gasteiger partial charge < -0.3 is 19.3 Å². The van der Waals surface area contributed by atoms with Crippen LogP contribution in [0.4, 0.5) is 0 Å². The Morgan fingerprint density at radius 2 is 1.88 bits per heavy atom. The van der Waals surface area contributed by atoms with Gasteiger partial charge >= 0.3 is 0 Å². The van der Waals surface area contributed by atoms with Gasteiger partial charge in [-0.25, -0.2) is 0 Å². The predicted molar refractivity (Wildman–Crippen MR) is 90.0 cm³/mol. The molecule has 3 aliphatic heterocycles. The van der Waals surface area contributed by atoms with Gasteiger partial charge in [-0.2, -0.15) is 8.42 Å². The topological polar surface area (TPSA) is 94.5 Å². The summed E-state index contributed by atoms with van der Waals surface area (Å²) in [7, 11) is -4.05.